The van der Waals surface area contributed by atoms with Crippen LogP contribution in [0.1, 0.15) is 16.2 Å². The minimum atomic E-state index is -4.81. The summed E-state index contributed by atoms with van der Waals surface area (Å²) >= 11 is 0.966. The fraction of sp³-hybridized carbons (Fsp3) is 0.0769. The molecule has 3 rings (SSSR count). The SMILES string of the molecule is O=C(O)c1c(C(F)(F)F)nc2scc(-c3ccccc3)n12. The van der Waals surface area contributed by atoms with Gasteiger partial charge in [-0.25, -0.2) is 9.78 Å². The number of imidazole rings is 1. The number of aromatic carboxylic acids is 1. The molecule has 4 nitrogen and oxygen atoms in total. The van der Waals surface area contributed by atoms with E-state index in [0.717, 1.165) is 15.7 Å². The molecule has 0 aliphatic heterocycles. The summed E-state index contributed by atoms with van der Waals surface area (Å²) in [4.78, 5) is 14.7. The number of hydrogen-bond donors (Lipinski definition) is 1. The lowest BCUT2D eigenvalue weighted by molar-refractivity contribution is -0.141. The molecule has 1 aromatic carbocycles. The number of hydrogen-bond acceptors (Lipinski definition) is 3. The molecule has 0 spiro atoms. The molecule has 3 aromatic rings. The van der Waals surface area contributed by atoms with E-state index < -0.39 is 23.5 Å². The predicted octanol–water partition coefficient (Wildman–Crippen LogP) is 3.78. The van der Waals surface area contributed by atoms with Crippen LogP contribution in [0.15, 0.2) is 35.7 Å². The molecule has 108 valence electrons. The highest BCUT2D eigenvalue weighted by Crippen LogP contribution is 2.36. The normalized spacial score (nSPS) is 12.0. The zero-order valence-corrected chi connectivity index (χ0v) is 11.1. The first-order valence-electron chi connectivity index (χ1n) is 5.75. The number of aromatic nitrogens is 2. The van der Waals surface area contributed by atoms with Crippen molar-refractivity contribution in [2.45, 2.75) is 6.18 Å². The zero-order valence-electron chi connectivity index (χ0n) is 10.3. The Bertz CT molecular complexity index is 821. The number of thiazole rings is 1. The molecule has 1 N–H and O–H groups in total. The minimum absolute atomic E-state index is 0.00132. The number of carboxylic acid groups (broad SMARTS) is 1. The van der Waals surface area contributed by atoms with Crippen LogP contribution in [0, 0.1) is 0 Å². The number of alkyl halides is 3. The van der Waals surface area contributed by atoms with Gasteiger partial charge >= 0.3 is 12.1 Å². The van der Waals surface area contributed by atoms with Crippen molar-refractivity contribution in [1.82, 2.24) is 9.38 Å². The van der Waals surface area contributed by atoms with Crippen molar-refractivity contribution in [3.63, 3.8) is 0 Å². The largest absolute Gasteiger partial charge is 0.476 e. The second-order valence-electron chi connectivity index (χ2n) is 4.22. The first-order valence-corrected chi connectivity index (χ1v) is 6.63. The van der Waals surface area contributed by atoms with E-state index in [9.17, 15) is 18.0 Å². The van der Waals surface area contributed by atoms with Crippen molar-refractivity contribution in [2.75, 3.05) is 0 Å². The molecule has 0 saturated carbocycles. The molecule has 2 aromatic heterocycles. The lowest BCUT2D eigenvalue weighted by Crippen LogP contribution is -2.14. The Morgan fingerprint density at radius 2 is 1.90 bits per heavy atom. The minimum Gasteiger partial charge on any atom is -0.476 e. The van der Waals surface area contributed by atoms with Crippen LogP contribution in [0.2, 0.25) is 0 Å². The number of rotatable bonds is 2. The van der Waals surface area contributed by atoms with E-state index in [1.165, 1.54) is 0 Å². The van der Waals surface area contributed by atoms with Crippen molar-refractivity contribution >= 4 is 22.3 Å². The van der Waals surface area contributed by atoms with Gasteiger partial charge in [-0.05, 0) is 5.56 Å². The molecule has 21 heavy (non-hydrogen) atoms. The van der Waals surface area contributed by atoms with Gasteiger partial charge in [-0.2, -0.15) is 13.2 Å². The molecule has 0 fully saturated rings. The van der Waals surface area contributed by atoms with Crippen molar-refractivity contribution < 1.29 is 23.1 Å². The Morgan fingerprint density at radius 3 is 2.48 bits per heavy atom. The van der Waals surface area contributed by atoms with Crippen molar-refractivity contribution in [1.29, 1.82) is 0 Å². The fourth-order valence-corrected chi connectivity index (χ4v) is 2.96. The van der Waals surface area contributed by atoms with Gasteiger partial charge in [0.1, 0.15) is 0 Å². The smallest absolute Gasteiger partial charge is 0.435 e. The summed E-state index contributed by atoms with van der Waals surface area (Å²) in [7, 11) is 0. The predicted molar refractivity (Wildman–Crippen MR) is 70.5 cm³/mol. The molecule has 0 unspecified atom stereocenters. The standard InChI is InChI=1S/C13H7F3N2O2S/c14-13(15,16)10-9(11(19)20)18-8(6-21-12(18)17-10)7-4-2-1-3-5-7/h1-6H,(H,19,20). The molecule has 8 heteroatoms. The second-order valence-corrected chi connectivity index (χ2v) is 5.05. The van der Waals surface area contributed by atoms with Gasteiger partial charge in [0.25, 0.3) is 0 Å². The van der Waals surface area contributed by atoms with Gasteiger partial charge in [-0.1, -0.05) is 30.3 Å². The molecule has 0 amide bonds. The lowest BCUT2D eigenvalue weighted by Gasteiger charge is -2.05. The molecule has 0 radical (unpaired) electrons. The Labute approximate surface area is 120 Å². The molecular formula is C13H7F3N2O2S. The summed E-state index contributed by atoms with van der Waals surface area (Å²) in [5, 5.41) is 10.7. The van der Waals surface area contributed by atoms with Gasteiger partial charge in [0, 0.05) is 5.38 Å². The van der Waals surface area contributed by atoms with E-state index >= 15 is 0 Å². The van der Waals surface area contributed by atoms with E-state index in [-0.39, 0.29) is 4.96 Å². The molecular weight excluding hydrogens is 305 g/mol. The van der Waals surface area contributed by atoms with Gasteiger partial charge in [0.05, 0.1) is 5.69 Å². The number of carbonyl (C=O) groups is 1. The van der Waals surface area contributed by atoms with Crippen molar-refractivity contribution in [3.8, 4) is 11.3 Å². The number of benzene rings is 1. The number of carboxylic acids is 1. The molecule has 0 aliphatic rings. The van der Waals surface area contributed by atoms with Crippen LogP contribution in [0.4, 0.5) is 13.2 Å². The molecule has 2 heterocycles. The summed E-state index contributed by atoms with van der Waals surface area (Å²) in [5.74, 6) is -1.66. The third kappa shape index (κ3) is 2.17. The molecule has 0 bridgehead atoms. The van der Waals surface area contributed by atoms with Crippen molar-refractivity contribution in [2.24, 2.45) is 0 Å². The monoisotopic (exact) mass is 312 g/mol. The molecule has 0 aliphatic carbocycles. The Balaban J connectivity index is 2.35. The van der Waals surface area contributed by atoms with Crippen LogP contribution in [-0.4, -0.2) is 20.5 Å². The summed E-state index contributed by atoms with van der Waals surface area (Å²) < 4.78 is 39.8. The third-order valence-corrected chi connectivity index (χ3v) is 3.73. The summed E-state index contributed by atoms with van der Waals surface area (Å²) in [6.07, 6.45) is -4.81. The number of halogens is 3. The average Bonchev–Trinajstić information content (AvgIpc) is 2.96. The van der Waals surface area contributed by atoms with Crippen LogP contribution in [-0.2, 0) is 6.18 Å². The van der Waals surface area contributed by atoms with Crippen LogP contribution < -0.4 is 0 Å². The number of fused-ring (bicyclic) bond motifs is 1. The van der Waals surface area contributed by atoms with Gasteiger partial charge < -0.3 is 5.11 Å². The average molecular weight is 312 g/mol. The highest BCUT2D eigenvalue weighted by atomic mass is 32.1. The zero-order chi connectivity index (χ0) is 15.2. The Kier molecular flexibility index (Phi) is 2.98. The maximum atomic E-state index is 12.9. The second kappa shape index (κ2) is 4.59. The lowest BCUT2D eigenvalue weighted by atomic mass is 10.2. The van der Waals surface area contributed by atoms with Crippen LogP contribution in [0.3, 0.4) is 0 Å². The highest BCUT2D eigenvalue weighted by molar-refractivity contribution is 7.15. The fourth-order valence-electron chi connectivity index (χ4n) is 2.06. The summed E-state index contributed by atoms with van der Waals surface area (Å²) in [6, 6.07) is 8.60. The molecule has 0 atom stereocenters. The van der Waals surface area contributed by atoms with E-state index in [4.69, 9.17) is 5.11 Å². The summed E-state index contributed by atoms with van der Waals surface area (Å²) in [6.45, 7) is 0. The van der Waals surface area contributed by atoms with E-state index in [2.05, 4.69) is 4.98 Å². The third-order valence-electron chi connectivity index (χ3n) is 2.90. The number of nitrogens with zero attached hydrogens (tertiary/aromatic N) is 2. The van der Waals surface area contributed by atoms with Gasteiger partial charge in [-0.3, -0.25) is 4.40 Å². The summed E-state index contributed by atoms with van der Waals surface area (Å²) in [5.41, 5.74) is -1.25. The van der Waals surface area contributed by atoms with Crippen molar-refractivity contribution in [3.05, 3.63) is 47.1 Å². The first-order chi connectivity index (χ1) is 9.89. The maximum absolute atomic E-state index is 12.9. The van der Waals surface area contributed by atoms with Gasteiger partial charge in [0.15, 0.2) is 16.3 Å². The molecule has 0 saturated heterocycles. The highest BCUT2D eigenvalue weighted by Gasteiger charge is 2.41. The van der Waals surface area contributed by atoms with E-state index in [1.807, 2.05) is 0 Å². The van der Waals surface area contributed by atoms with Gasteiger partial charge in [-0.15, -0.1) is 11.3 Å². The van der Waals surface area contributed by atoms with Crippen LogP contribution >= 0.6 is 11.3 Å². The Morgan fingerprint density at radius 1 is 1.24 bits per heavy atom. The quantitative estimate of drug-likeness (QED) is 0.783. The van der Waals surface area contributed by atoms with Crippen LogP contribution in [0.25, 0.3) is 16.2 Å². The maximum Gasteiger partial charge on any atom is 0.435 e. The Hall–Kier alpha value is -2.35. The topological polar surface area (TPSA) is 54.6 Å². The van der Waals surface area contributed by atoms with E-state index in [1.54, 1.807) is 35.7 Å². The van der Waals surface area contributed by atoms with Crippen LogP contribution in [0.5, 0.6) is 0 Å². The first kappa shape index (κ1) is 13.6. The van der Waals surface area contributed by atoms with Gasteiger partial charge in [0.2, 0.25) is 0 Å². The van der Waals surface area contributed by atoms with E-state index in [0.29, 0.717) is 11.3 Å².